The molecule has 1 atom stereocenters. The van der Waals surface area contributed by atoms with Gasteiger partial charge in [0.25, 0.3) is 5.91 Å². The van der Waals surface area contributed by atoms with Gasteiger partial charge >= 0.3 is 6.18 Å². The molecule has 1 N–H and O–H groups in total. The Labute approximate surface area is 228 Å². The number of nitrogens with one attached hydrogen (secondary N) is 1. The number of rotatable bonds is 10. The molecule has 0 saturated heterocycles. The van der Waals surface area contributed by atoms with Gasteiger partial charge in [-0.05, 0) is 72.5 Å². The van der Waals surface area contributed by atoms with Crippen LogP contribution in [0.3, 0.4) is 0 Å². The number of carbonyl (C=O) groups is 1. The Hall–Kier alpha value is -3.80. The van der Waals surface area contributed by atoms with E-state index in [1.54, 1.807) is 25.1 Å². The quantitative estimate of drug-likeness (QED) is 0.273. The normalized spacial score (nSPS) is 17.1. The molecule has 0 unspecified atom stereocenters. The summed E-state index contributed by atoms with van der Waals surface area (Å²) in [5.41, 5.74) is 1.53. The van der Waals surface area contributed by atoms with Gasteiger partial charge in [-0.15, -0.1) is 0 Å². The van der Waals surface area contributed by atoms with E-state index in [-0.39, 0.29) is 29.1 Å². The third-order valence-electron chi connectivity index (χ3n) is 5.95. The molecule has 2 aliphatic heterocycles. The Morgan fingerprint density at radius 2 is 1.77 bits per heavy atom. The van der Waals surface area contributed by atoms with Gasteiger partial charge in [0.05, 0.1) is 12.2 Å². The first-order valence-electron chi connectivity index (χ1n) is 12.3. The first kappa shape index (κ1) is 28.2. The first-order valence-corrected chi connectivity index (χ1v) is 13.1. The third-order valence-corrected chi connectivity index (χ3v) is 6.90. The molecule has 2 aromatic carbocycles. The molecule has 0 radical (unpaired) electrons. The van der Waals surface area contributed by atoms with Crippen molar-refractivity contribution >= 4 is 39.8 Å². The molecule has 0 fully saturated rings. The molecule has 8 nitrogen and oxygen atoms in total. The molecule has 39 heavy (non-hydrogen) atoms. The standard InChI is InChI=1S/C27H27F3N4O4S/c1-4-16(3)18-7-9-19(10-8-18)37-12-13-38-21-11-6-17(15-22(21)36-5-2)14-20-23(31)34-26(32-24(20)35)39-25(33-34)27(28,29)30/h6-11,14-16,31H,4-5,12-13H2,1-3H3/b20-14-,31-23?/t16-/m1/s1. The average molecular weight is 561 g/mol. The summed E-state index contributed by atoms with van der Waals surface area (Å²) in [6, 6.07) is 12.9. The highest BCUT2D eigenvalue weighted by Crippen LogP contribution is 2.36. The average Bonchev–Trinajstić information content (AvgIpc) is 3.35. The molecular weight excluding hydrogens is 533 g/mol. The zero-order valence-corrected chi connectivity index (χ0v) is 22.4. The highest BCUT2D eigenvalue weighted by molar-refractivity contribution is 8.27. The van der Waals surface area contributed by atoms with E-state index in [9.17, 15) is 18.0 Å². The molecule has 206 valence electrons. The molecule has 2 heterocycles. The van der Waals surface area contributed by atoms with Crippen LogP contribution in [0.5, 0.6) is 17.2 Å². The monoisotopic (exact) mass is 560 g/mol. The lowest BCUT2D eigenvalue weighted by atomic mass is 9.99. The van der Waals surface area contributed by atoms with Crippen LogP contribution in [0, 0.1) is 5.41 Å². The summed E-state index contributed by atoms with van der Waals surface area (Å²) in [4.78, 5) is 16.2. The molecule has 0 spiro atoms. The van der Waals surface area contributed by atoms with Crippen LogP contribution in [0.1, 0.15) is 44.2 Å². The number of hydrogen-bond donors (Lipinski definition) is 1. The number of halogens is 3. The predicted molar refractivity (Wildman–Crippen MR) is 145 cm³/mol. The number of nitrogens with zero attached hydrogens (tertiary/aromatic N) is 3. The maximum atomic E-state index is 13.0. The van der Waals surface area contributed by atoms with E-state index in [1.165, 1.54) is 11.6 Å². The lowest BCUT2D eigenvalue weighted by molar-refractivity contribution is -0.114. The number of hydrazone groups is 1. The van der Waals surface area contributed by atoms with Crippen LogP contribution in [-0.2, 0) is 4.79 Å². The van der Waals surface area contributed by atoms with Gasteiger partial charge < -0.3 is 14.2 Å². The van der Waals surface area contributed by atoms with Gasteiger partial charge in [-0.3, -0.25) is 10.2 Å². The summed E-state index contributed by atoms with van der Waals surface area (Å²) in [5, 5.41) is 10.9. The zero-order chi connectivity index (χ0) is 28.2. The molecule has 0 bridgehead atoms. The minimum Gasteiger partial charge on any atom is -0.490 e. The number of thioether (sulfide) groups is 1. The maximum Gasteiger partial charge on any atom is 0.441 e. The van der Waals surface area contributed by atoms with Crippen LogP contribution >= 0.6 is 11.8 Å². The van der Waals surface area contributed by atoms with Crippen molar-refractivity contribution in [3.05, 3.63) is 59.2 Å². The number of alkyl halides is 3. The number of benzene rings is 2. The van der Waals surface area contributed by atoms with Gasteiger partial charge in [-0.1, -0.05) is 32.0 Å². The van der Waals surface area contributed by atoms with Gasteiger partial charge in [0.1, 0.15) is 19.0 Å². The predicted octanol–water partition coefficient (Wildman–Crippen LogP) is 6.24. The van der Waals surface area contributed by atoms with Crippen molar-refractivity contribution in [3.8, 4) is 17.2 Å². The van der Waals surface area contributed by atoms with Crippen LogP contribution in [0.4, 0.5) is 13.2 Å². The molecule has 12 heteroatoms. The minimum atomic E-state index is -4.71. The van der Waals surface area contributed by atoms with E-state index < -0.39 is 23.0 Å². The van der Waals surface area contributed by atoms with Gasteiger partial charge in [0, 0.05) is 0 Å². The molecule has 2 aromatic rings. The van der Waals surface area contributed by atoms with Crippen LogP contribution in [0.25, 0.3) is 6.08 Å². The smallest absolute Gasteiger partial charge is 0.441 e. The minimum absolute atomic E-state index is 0.199. The lowest BCUT2D eigenvalue weighted by Gasteiger charge is -2.20. The van der Waals surface area contributed by atoms with Crippen molar-refractivity contribution in [1.29, 1.82) is 5.41 Å². The lowest BCUT2D eigenvalue weighted by Crippen LogP contribution is -2.35. The summed E-state index contributed by atoms with van der Waals surface area (Å²) in [6.07, 6.45) is -2.28. The molecule has 0 saturated carbocycles. The fraction of sp³-hybridized carbons (Fsp3) is 0.333. The summed E-state index contributed by atoms with van der Waals surface area (Å²) in [5.74, 6) is 0.758. The number of carbonyl (C=O) groups excluding carboxylic acids is 1. The number of fused-ring (bicyclic) bond motifs is 1. The Bertz CT molecular complexity index is 1340. The third kappa shape index (κ3) is 6.62. The zero-order valence-electron chi connectivity index (χ0n) is 21.5. The SMILES string of the molecule is CCOc1cc(/C=C2/C(=N)N3N=C(C(F)(F)F)SC3=NC2=O)ccc1OCCOc1ccc([C@H](C)CC)cc1. The summed E-state index contributed by atoms with van der Waals surface area (Å²) in [6.45, 7) is 7.03. The molecule has 0 aliphatic carbocycles. The first-order chi connectivity index (χ1) is 18.6. The van der Waals surface area contributed by atoms with Crippen molar-refractivity contribution < 1.29 is 32.2 Å². The van der Waals surface area contributed by atoms with Crippen molar-refractivity contribution in [1.82, 2.24) is 5.01 Å². The van der Waals surface area contributed by atoms with Gasteiger partial charge in [0.2, 0.25) is 10.2 Å². The number of amides is 1. The summed E-state index contributed by atoms with van der Waals surface area (Å²) in [7, 11) is 0. The molecular formula is C27H27F3N4O4S. The largest absolute Gasteiger partial charge is 0.490 e. The van der Waals surface area contributed by atoms with E-state index in [2.05, 4.69) is 36.1 Å². The van der Waals surface area contributed by atoms with Gasteiger partial charge in [0.15, 0.2) is 17.3 Å². The highest BCUT2D eigenvalue weighted by Gasteiger charge is 2.46. The van der Waals surface area contributed by atoms with Crippen molar-refractivity contribution in [2.24, 2.45) is 10.1 Å². The van der Waals surface area contributed by atoms with Crippen molar-refractivity contribution in [2.45, 2.75) is 39.3 Å². The van der Waals surface area contributed by atoms with Crippen LogP contribution < -0.4 is 14.2 Å². The van der Waals surface area contributed by atoms with E-state index >= 15 is 0 Å². The second-order valence-electron chi connectivity index (χ2n) is 8.64. The van der Waals surface area contributed by atoms with E-state index in [0.717, 1.165) is 12.2 Å². The Kier molecular flexibility index (Phi) is 8.63. The highest BCUT2D eigenvalue weighted by atomic mass is 32.2. The molecule has 1 amide bonds. The fourth-order valence-corrected chi connectivity index (χ4v) is 4.47. The number of ether oxygens (including phenoxy) is 3. The van der Waals surface area contributed by atoms with E-state index in [4.69, 9.17) is 19.6 Å². The van der Waals surface area contributed by atoms with Crippen LogP contribution in [0.15, 0.2) is 58.1 Å². The van der Waals surface area contributed by atoms with Crippen LogP contribution in [-0.4, -0.2) is 53.0 Å². The topological polar surface area (TPSA) is 96.6 Å². The van der Waals surface area contributed by atoms with Gasteiger partial charge in [-0.2, -0.15) is 28.3 Å². The van der Waals surface area contributed by atoms with E-state index in [1.807, 2.05) is 12.1 Å². The van der Waals surface area contributed by atoms with Gasteiger partial charge in [-0.25, -0.2) is 0 Å². The Balaban J connectivity index is 1.43. The summed E-state index contributed by atoms with van der Waals surface area (Å²) < 4.78 is 56.4. The van der Waals surface area contributed by atoms with Crippen LogP contribution in [0.2, 0.25) is 0 Å². The second kappa shape index (κ2) is 11.9. The second-order valence-corrected chi connectivity index (χ2v) is 9.59. The Morgan fingerprint density at radius 3 is 2.44 bits per heavy atom. The number of amidine groups is 2. The molecule has 0 aromatic heterocycles. The Morgan fingerprint density at radius 1 is 1.05 bits per heavy atom. The van der Waals surface area contributed by atoms with Crippen molar-refractivity contribution in [3.63, 3.8) is 0 Å². The fourth-order valence-electron chi connectivity index (χ4n) is 3.71. The summed E-state index contributed by atoms with van der Waals surface area (Å²) >= 11 is 0.204. The van der Waals surface area contributed by atoms with E-state index in [0.29, 0.717) is 41.2 Å². The van der Waals surface area contributed by atoms with Crippen molar-refractivity contribution in [2.75, 3.05) is 19.8 Å². The molecule has 2 aliphatic rings. The molecule has 4 rings (SSSR count). The number of aliphatic imine (C=N–C) groups is 1. The maximum absolute atomic E-state index is 13.0. The number of hydrogen-bond acceptors (Lipinski definition) is 7.